The third-order valence-electron chi connectivity index (χ3n) is 3.61. The van der Waals surface area contributed by atoms with Crippen LogP contribution in [0.1, 0.15) is 51.4 Å². The molecule has 2 saturated heterocycles. The topological polar surface area (TPSA) is 40.6 Å². The number of carbonyl (C=O) groups excluding carboxylic acids is 2. The van der Waals surface area contributed by atoms with Gasteiger partial charge in [-0.25, -0.2) is 0 Å². The van der Waals surface area contributed by atoms with Crippen LogP contribution in [0.5, 0.6) is 0 Å². The Morgan fingerprint density at radius 1 is 0.778 bits per heavy atom. The van der Waals surface area contributed by atoms with E-state index in [1.54, 1.807) is 9.80 Å². The van der Waals surface area contributed by atoms with Gasteiger partial charge in [0.15, 0.2) is 5.11 Å². The Bertz CT molecular complexity index is 325. The fraction of sp³-hybridized carbons (Fsp3) is 0.769. The van der Waals surface area contributed by atoms with Crippen LogP contribution in [0.4, 0.5) is 0 Å². The summed E-state index contributed by atoms with van der Waals surface area (Å²) in [7, 11) is 0. The molecule has 0 aromatic rings. The predicted octanol–water partition coefficient (Wildman–Crippen LogP) is 2.08. The van der Waals surface area contributed by atoms with Gasteiger partial charge in [-0.1, -0.05) is 12.8 Å². The van der Waals surface area contributed by atoms with Crippen molar-refractivity contribution in [2.75, 3.05) is 13.1 Å². The van der Waals surface area contributed by atoms with Crippen LogP contribution in [-0.4, -0.2) is 39.8 Å². The number of hydrogen-bond acceptors (Lipinski definition) is 3. The first-order valence-corrected chi connectivity index (χ1v) is 7.25. The molecule has 100 valence electrons. The highest BCUT2D eigenvalue weighted by Gasteiger charge is 2.28. The first-order valence-electron chi connectivity index (χ1n) is 6.85. The van der Waals surface area contributed by atoms with Crippen molar-refractivity contribution in [3.63, 3.8) is 0 Å². The van der Waals surface area contributed by atoms with Gasteiger partial charge in [0, 0.05) is 25.9 Å². The lowest BCUT2D eigenvalue weighted by Crippen LogP contribution is -2.48. The first kappa shape index (κ1) is 13.5. The largest absolute Gasteiger partial charge is 0.289 e. The van der Waals surface area contributed by atoms with Crippen molar-refractivity contribution in [2.24, 2.45) is 0 Å². The van der Waals surface area contributed by atoms with Gasteiger partial charge < -0.3 is 0 Å². The van der Waals surface area contributed by atoms with Crippen molar-refractivity contribution in [3.05, 3.63) is 0 Å². The van der Waals surface area contributed by atoms with E-state index in [9.17, 15) is 9.59 Å². The minimum atomic E-state index is 0.0783. The van der Waals surface area contributed by atoms with E-state index in [0.29, 0.717) is 31.0 Å². The maximum atomic E-state index is 12.0. The summed E-state index contributed by atoms with van der Waals surface area (Å²) in [4.78, 5) is 27.3. The minimum absolute atomic E-state index is 0.0783. The minimum Gasteiger partial charge on any atom is -0.289 e. The molecule has 2 aliphatic heterocycles. The zero-order valence-electron chi connectivity index (χ0n) is 10.7. The van der Waals surface area contributed by atoms with E-state index < -0.39 is 0 Å². The smallest absolute Gasteiger partial charge is 0.228 e. The summed E-state index contributed by atoms with van der Waals surface area (Å²) in [6.07, 6.45) is 7.08. The van der Waals surface area contributed by atoms with Crippen LogP contribution in [-0.2, 0) is 9.59 Å². The van der Waals surface area contributed by atoms with Crippen LogP contribution in [0, 0.1) is 0 Å². The number of nitrogens with zero attached hydrogens (tertiary/aromatic N) is 2. The number of thiocarbonyl (C=S) groups is 1. The van der Waals surface area contributed by atoms with E-state index in [1.165, 1.54) is 0 Å². The Labute approximate surface area is 113 Å². The van der Waals surface area contributed by atoms with E-state index in [4.69, 9.17) is 12.2 Å². The lowest BCUT2D eigenvalue weighted by atomic mass is 10.2. The average molecular weight is 268 g/mol. The highest BCUT2D eigenvalue weighted by Crippen LogP contribution is 2.17. The number of hydrogen-bond donors (Lipinski definition) is 0. The predicted molar refractivity (Wildman–Crippen MR) is 73.0 cm³/mol. The molecular weight excluding hydrogens is 248 g/mol. The Balaban J connectivity index is 2.08. The number of carbonyl (C=O) groups is 2. The molecule has 5 heteroatoms. The Kier molecular flexibility index (Phi) is 4.69. The number of likely N-dealkylation sites (tertiary alicyclic amines) is 2. The van der Waals surface area contributed by atoms with Crippen molar-refractivity contribution >= 4 is 29.1 Å². The third kappa shape index (κ3) is 3.07. The molecule has 0 atom stereocenters. The molecule has 0 aliphatic carbocycles. The van der Waals surface area contributed by atoms with Crippen molar-refractivity contribution in [1.82, 2.24) is 9.80 Å². The van der Waals surface area contributed by atoms with Crippen LogP contribution < -0.4 is 0 Å². The van der Waals surface area contributed by atoms with Crippen LogP contribution in [0.25, 0.3) is 0 Å². The summed E-state index contributed by atoms with van der Waals surface area (Å²) in [5.41, 5.74) is 0. The van der Waals surface area contributed by atoms with Gasteiger partial charge in [-0.3, -0.25) is 19.4 Å². The Hall–Kier alpha value is -0.970. The molecule has 0 spiro atoms. The summed E-state index contributed by atoms with van der Waals surface area (Å²) < 4.78 is 0. The van der Waals surface area contributed by atoms with Crippen LogP contribution in [0.2, 0.25) is 0 Å². The fourth-order valence-electron chi connectivity index (χ4n) is 2.52. The molecule has 0 radical (unpaired) electrons. The summed E-state index contributed by atoms with van der Waals surface area (Å²) in [6, 6.07) is 0. The second-order valence-corrected chi connectivity index (χ2v) is 5.36. The van der Waals surface area contributed by atoms with Gasteiger partial charge >= 0.3 is 0 Å². The highest BCUT2D eigenvalue weighted by atomic mass is 32.1. The van der Waals surface area contributed by atoms with Gasteiger partial charge in [-0.2, -0.15) is 0 Å². The molecule has 18 heavy (non-hydrogen) atoms. The molecule has 2 fully saturated rings. The second-order valence-electron chi connectivity index (χ2n) is 4.99. The molecule has 2 rings (SSSR count). The molecule has 0 unspecified atom stereocenters. The molecule has 0 aromatic carbocycles. The fourth-order valence-corrected chi connectivity index (χ4v) is 2.90. The molecule has 4 nitrogen and oxygen atoms in total. The van der Waals surface area contributed by atoms with E-state index >= 15 is 0 Å². The second kappa shape index (κ2) is 6.27. The van der Waals surface area contributed by atoms with Gasteiger partial charge in [0.2, 0.25) is 11.8 Å². The monoisotopic (exact) mass is 268 g/mol. The molecule has 0 bridgehead atoms. The van der Waals surface area contributed by atoms with Gasteiger partial charge in [0.1, 0.15) is 0 Å². The maximum absolute atomic E-state index is 12.0. The summed E-state index contributed by atoms with van der Waals surface area (Å²) >= 11 is 5.38. The van der Waals surface area contributed by atoms with Crippen LogP contribution in [0.15, 0.2) is 0 Å². The van der Waals surface area contributed by atoms with Crippen molar-refractivity contribution in [1.29, 1.82) is 0 Å². The van der Waals surface area contributed by atoms with Crippen molar-refractivity contribution in [2.45, 2.75) is 51.4 Å². The van der Waals surface area contributed by atoms with E-state index in [-0.39, 0.29) is 11.8 Å². The lowest BCUT2D eigenvalue weighted by Gasteiger charge is -2.29. The van der Waals surface area contributed by atoms with Gasteiger partial charge in [0.05, 0.1) is 0 Å². The van der Waals surface area contributed by atoms with E-state index in [0.717, 1.165) is 38.5 Å². The normalized spacial score (nSPS) is 22.7. The summed E-state index contributed by atoms with van der Waals surface area (Å²) in [5.74, 6) is 0.157. The Morgan fingerprint density at radius 2 is 1.22 bits per heavy atom. The first-order chi connectivity index (χ1) is 8.70. The SMILES string of the molecule is O=C1CCCCCN1C(=S)N1CCCCCC1=O. The van der Waals surface area contributed by atoms with Crippen molar-refractivity contribution in [3.8, 4) is 0 Å². The zero-order chi connectivity index (χ0) is 13.0. The maximum Gasteiger partial charge on any atom is 0.228 e. The quantitative estimate of drug-likeness (QED) is 0.632. The Morgan fingerprint density at radius 3 is 1.67 bits per heavy atom. The molecule has 0 aromatic heterocycles. The molecule has 0 saturated carbocycles. The molecule has 2 amide bonds. The van der Waals surface area contributed by atoms with E-state index in [2.05, 4.69) is 0 Å². The highest BCUT2D eigenvalue weighted by molar-refractivity contribution is 7.80. The molecular formula is C13H20N2O2S. The van der Waals surface area contributed by atoms with E-state index in [1.807, 2.05) is 0 Å². The van der Waals surface area contributed by atoms with Crippen LogP contribution in [0.3, 0.4) is 0 Å². The molecule has 2 heterocycles. The standard InChI is InChI=1S/C13H20N2O2S/c16-11-7-3-1-5-9-14(11)13(18)15-10-6-2-4-8-12(15)17/h1-10H2. The van der Waals surface area contributed by atoms with Crippen molar-refractivity contribution < 1.29 is 9.59 Å². The number of amides is 2. The molecule has 0 N–H and O–H groups in total. The summed E-state index contributed by atoms with van der Waals surface area (Å²) in [6.45, 7) is 1.34. The third-order valence-corrected chi connectivity index (χ3v) is 4.05. The summed E-state index contributed by atoms with van der Waals surface area (Å²) in [5, 5.41) is 0.439. The average Bonchev–Trinajstić information content (AvgIpc) is 2.69. The van der Waals surface area contributed by atoms with Gasteiger partial charge in [0.25, 0.3) is 0 Å². The number of rotatable bonds is 0. The van der Waals surface area contributed by atoms with Gasteiger partial charge in [-0.05, 0) is 37.9 Å². The van der Waals surface area contributed by atoms with Crippen LogP contribution >= 0.6 is 12.2 Å². The zero-order valence-corrected chi connectivity index (χ0v) is 11.5. The molecule has 2 aliphatic rings. The lowest BCUT2D eigenvalue weighted by molar-refractivity contribution is -0.129. The van der Waals surface area contributed by atoms with Gasteiger partial charge in [-0.15, -0.1) is 0 Å².